The quantitative estimate of drug-likeness (QED) is 0.194. The van der Waals surface area contributed by atoms with Crippen molar-refractivity contribution in [3.05, 3.63) is 127 Å². The molecule has 0 amide bonds. The third-order valence-corrected chi connectivity index (χ3v) is 9.36. The maximum Gasteiger partial charge on any atom is 0.0123 e. The summed E-state index contributed by atoms with van der Waals surface area (Å²) in [5.41, 5.74) is 0. The van der Waals surface area contributed by atoms with E-state index in [-0.39, 0.29) is 0 Å². The van der Waals surface area contributed by atoms with Gasteiger partial charge in [0.1, 0.15) is 0 Å². The molecular weight excluding hydrogens is 521 g/mol. The van der Waals surface area contributed by atoms with Crippen LogP contribution >= 0.6 is 59.7 Å². The van der Waals surface area contributed by atoms with Gasteiger partial charge >= 0.3 is 0 Å². The fraction of sp³-hybridized carbons (Fsp3) is 0. The maximum absolute atomic E-state index is 4.35. The molecule has 0 bridgehead atoms. The summed E-state index contributed by atoms with van der Waals surface area (Å²) in [6, 6.07) is 45.1. The van der Waals surface area contributed by atoms with E-state index in [1.165, 1.54) is 39.2 Å². The van der Waals surface area contributed by atoms with E-state index in [0.29, 0.717) is 0 Å². The summed E-state index contributed by atoms with van der Waals surface area (Å²) in [5, 5.41) is 0. The van der Waals surface area contributed by atoms with Gasteiger partial charge in [0.2, 0.25) is 0 Å². The predicted molar refractivity (Wildman–Crippen MR) is 156 cm³/mol. The zero-order chi connectivity index (χ0) is 23.9. The van der Waals surface area contributed by atoms with Gasteiger partial charge in [-0.2, -0.15) is 0 Å². The molecule has 0 radical (unpaired) electrons. The summed E-state index contributed by atoms with van der Waals surface area (Å²) in [6.07, 6.45) is 0. The molecule has 0 unspecified atom stereocenters. The molecule has 5 rings (SSSR count). The molecule has 0 N–H and O–H groups in total. The molecular formula is C30H22S5. The van der Waals surface area contributed by atoms with E-state index in [0.717, 1.165) is 4.90 Å². The smallest absolute Gasteiger partial charge is 0.0123 e. The summed E-state index contributed by atoms with van der Waals surface area (Å²) in [6.45, 7) is 0. The molecule has 0 aliphatic heterocycles. The topological polar surface area (TPSA) is 0 Å². The van der Waals surface area contributed by atoms with E-state index in [2.05, 4.69) is 122 Å². The molecule has 0 spiro atoms. The van der Waals surface area contributed by atoms with Crippen LogP contribution in [0.5, 0.6) is 0 Å². The van der Waals surface area contributed by atoms with E-state index in [1.54, 1.807) is 47.0 Å². The van der Waals surface area contributed by atoms with Crippen LogP contribution in [-0.2, 0) is 0 Å². The fourth-order valence-corrected chi connectivity index (χ4v) is 6.71. The van der Waals surface area contributed by atoms with Crippen molar-refractivity contribution in [3.63, 3.8) is 0 Å². The summed E-state index contributed by atoms with van der Waals surface area (Å²) in [7, 11) is 0. The molecule has 0 saturated carbocycles. The second kappa shape index (κ2) is 12.2. The minimum absolute atomic E-state index is 0.987. The molecule has 35 heavy (non-hydrogen) atoms. The fourth-order valence-electron chi connectivity index (χ4n) is 3.27. The van der Waals surface area contributed by atoms with Crippen LogP contribution in [0.2, 0.25) is 0 Å². The Morgan fingerprint density at radius 2 is 0.514 bits per heavy atom. The number of thiol groups is 1. The van der Waals surface area contributed by atoms with Gasteiger partial charge < -0.3 is 0 Å². The van der Waals surface area contributed by atoms with Crippen LogP contribution in [0, 0.1) is 0 Å². The largest absolute Gasteiger partial charge is 0.143 e. The first-order valence-electron chi connectivity index (χ1n) is 11.1. The Balaban J connectivity index is 1.15. The molecule has 0 aromatic heterocycles. The van der Waals surface area contributed by atoms with Gasteiger partial charge in [0, 0.05) is 44.1 Å². The number of hydrogen-bond donors (Lipinski definition) is 1. The summed E-state index contributed by atoms with van der Waals surface area (Å²) < 4.78 is 0. The second-order valence-corrected chi connectivity index (χ2v) is 12.7. The van der Waals surface area contributed by atoms with E-state index in [9.17, 15) is 0 Å². The Hall–Kier alpha value is -2.15. The lowest BCUT2D eigenvalue weighted by Gasteiger charge is -2.07. The first-order chi connectivity index (χ1) is 17.2. The van der Waals surface area contributed by atoms with Crippen LogP contribution in [-0.4, -0.2) is 0 Å². The van der Waals surface area contributed by atoms with Crippen LogP contribution in [0.25, 0.3) is 0 Å². The average Bonchev–Trinajstić information content (AvgIpc) is 2.89. The lowest BCUT2D eigenvalue weighted by molar-refractivity contribution is 1.30. The van der Waals surface area contributed by atoms with Crippen LogP contribution in [0.3, 0.4) is 0 Å². The zero-order valence-corrected chi connectivity index (χ0v) is 22.9. The Bertz CT molecular complexity index is 1350. The van der Waals surface area contributed by atoms with Crippen molar-refractivity contribution in [2.75, 3.05) is 0 Å². The molecule has 0 saturated heterocycles. The first-order valence-corrected chi connectivity index (χ1v) is 14.8. The molecule has 0 fully saturated rings. The van der Waals surface area contributed by atoms with Crippen molar-refractivity contribution in [1.82, 2.24) is 0 Å². The van der Waals surface area contributed by atoms with Crippen molar-refractivity contribution in [1.29, 1.82) is 0 Å². The van der Waals surface area contributed by atoms with Crippen LogP contribution in [0.4, 0.5) is 0 Å². The third-order valence-electron chi connectivity index (χ3n) is 4.99. The standard InChI is InChI=1S/C30H22S5/c31-22-6-8-24(9-7-22)33-26-14-16-28(17-15-26)35-30-20-18-29(19-21-30)34-27-12-10-25(11-13-27)32-23-4-2-1-3-5-23/h1-21,31H. The van der Waals surface area contributed by atoms with Crippen molar-refractivity contribution < 1.29 is 0 Å². The SMILES string of the molecule is Sc1ccc(Sc2ccc(Sc3ccc(Sc4ccc(Sc5ccccc5)cc4)cc3)cc2)cc1. The minimum atomic E-state index is 0.987. The zero-order valence-electron chi connectivity index (χ0n) is 18.7. The van der Waals surface area contributed by atoms with Gasteiger partial charge in [0.25, 0.3) is 0 Å². The van der Waals surface area contributed by atoms with E-state index in [1.807, 2.05) is 18.2 Å². The van der Waals surface area contributed by atoms with E-state index < -0.39 is 0 Å². The van der Waals surface area contributed by atoms with Gasteiger partial charge in [0.05, 0.1) is 0 Å². The highest BCUT2D eigenvalue weighted by Gasteiger charge is 2.03. The van der Waals surface area contributed by atoms with Gasteiger partial charge in [-0.15, -0.1) is 12.6 Å². The second-order valence-electron chi connectivity index (χ2n) is 7.63. The number of rotatable bonds is 8. The molecule has 5 aromatic rings. The number of hydrogen-bond acceptors (Lipinski definition) is 5. The van der Waals surface area contributed by atoms with Gasteiger partial charge in [-0.1, -0.05) is 65.2 Å². The van der Waals surface area contributed by atoms with Gasteiger partial charge in [0.15, 0.2) is 0 Å². The Morgan fingerprint density at radius 1 is 0.286 bits per heavy atom. The third kappa shape index (κ3) is 7.42. The Labute approximate surface area is 229 Å². The van der Waals surface area contributed by atoms with E-state index in [4.69, 9.17) is 0 Å². The summed E-state index contributed by atoms with van der Waals surface area (Å²) in [5.74, 6) is 0. The highest BCUT2D eigenvalue weighted by molar-refractivity contribution is 8.00. The molecule has 5 heteroatoms. The van der Waals surface area contributed by atoms with Gasteiger partial charge in [-0.3, -0.25) is 0 Å². The first kappa shape index (κ1) is 24.5. The minimum Gasteiger partial charge on any atom is -0.143 e. The van der Waals surface area contributed by atoms with Crippen molar-refractivity contribution in [2.24, 2.45) is 0 Å². The van der Waals surface area contributed by atoms with Crippen molar-refractivity contribution >= 4 is 59.7 Å². The van der Waals surface area contributed by atoms with Crippen LogP contribution < -0.4 is 0 Å². The average molecular weight is 543 g/mol. The number of benzene rings is 5. The van der Waals surface area contributed by atoms with Crippen molar-refractivity contribution in [3.8, 4) is 0 Å². The molecule has 0 atom stereocenters. The molecule has 5 aromatic carbocycles. The predicted octanol–water partition coefficient (Wildman–Crippen LogP) is 10.6. The highest BCUT2D eigenvalue weighted by Crippen LogP contribution is 2.35. The van der Waals surface area contributed by atoms with Crippen LogP contribution in [0.15, 0.2) is 171 Å². The molecule has 0 aliphatic carbocycles. The highest BCUT2D eigenvalue weighted by atomic mass is 32.2. The van der Waals surface area contributed by atoms with Crippen molar-refractivity contribution in [2.45, 2.75) is 44.1 Å². The Kier molecular flexibility index (Phi) is 8.55. The van der Waals surface area contributed by atoms with Crippen LogP contribution in [0.1, 0.15) is 0 Å². The summed E-state index contributed by atoms with van der Waals surface area (Å²) >= 11 is 11.5. The monoisotopic (exact) mass is 542 g/mol. The summed E-state index contributed by atoms with van der Waals surface area (Å²) in [4.78, 5) is 11.0. The molecule has 0 nitrogen and oxygen atoms in total. The van der Waals surface area contributed by atoms with Gasteiger partial charge in [-0.05, 0) is 109 Å². The normalized spacial score (nSPS) is 10.9. The lowest BCUT2D eigenvalue weighted by Crippen LogP contribution is -1.78. The van der Waals surface area contributed by atoms with Gasteiger partial charge in [-0.25, -0.2) is 0 Å². The maximum atomic E-state index is 4.35. The van der Waals surface area contributed by atoms with E-state index >= 15 is 0 Å². The molecule has 0 aliphatic rings. The lowest BCUT2D eigenvalue weighted by atomic mass is 10.3. The molecule has 0 heterocycles. The molecule has 172 valence electrons. The Morgan fingerprint density at radius 3 is 0.800 bits per heavy atom.